The Hall–Kier alpha value is -4.77. The number of ether oxygens (including phenoxy) is 1. The highest BCUT2D eigenvalue weighted by atomic mass is 16.5. The maximum atomic E-state index is 13.0. The predicted octanol–water partition coefficient (Wildman–Crippen LogP) is 5.06. The second kappa shape index (κ2) is 10.6. The van der Waals surface area contributed by atoms with Crippen molar-refractivity contribution in [3.05, 3.63) is 76.4 Å². The number of H-pyrrole nitrogens is 1. The topological polar surface area (TPSA) is 126 Å². The number of fused-ring (bicyclic) bond motifs is 4. The lowest BCUT2D eigenvalue weighted by Crippen LogP contribution is -2.27. The molecule has 0 bridgehead atoms. The van der Waals surface area contributed by atoms with Crippen LogP contribution in [0.25, 0.3) is 22.0 Å². The van der Waals surface area contributed by atoms with E-state index >= 15 is 0 Å². The first-order valence-electron chi connectivity index (χ1n) is 14.3. The van der Waals surface area contributed by atoms with Gasteiger partial charge in [0.2, 0.25) is 0 Å². The summed E-state index contributed by atoms with van der Waals surface area (Å²) in [5, 5.41) is 12.2. The van der Waals surface area contributed by atoms with Crippen LogP contribution in [-0.2, 0) is 17.8 Å². The quantitative estimate of drug-likeness (QED) is 0.260. The van der Waals surface area contributed by atoms with Crippen molar-refractivity contribution in [1.82, 2.24) is 29.7 Å². The summed E-state index contributed by atoms with van der Waals surface area (Å²) in [5.41, 5.74) is 7.30. The fourth-order valence-corrected chi connectivity index (χ4v) is 6.12. The van der Waals surface area contributed by atoms with Gasteiger partial charge in [-0.25, -0.2) is 15.0 Å². The van der Waals surface area contributed by atoms with Gasteiger partial charge in [-0.1, -0.05) is 12.1 Å². The predicted molar refractivity (Wildman–Crippen MR) is 164 cm³/mol. The van der Waals surface area contributed by atoms with Crippen LogP contribution in [0.2, 0.25) is 0 Å². The van der Waals surface area contributed by atoms with Crippen LogP contribution in [0.15, 0.2) is 53.6 Å². The number of benzene rings is 1. The summed E-state index contributed by atoms with van der Waals surface area (Å²) in [6.07, 6.45) is 5.75. The monoisotopic (exact) mass is 563 g/mol. The van der Waals surface area contributed by atoms with Crippen LogP contribution in [-0.4, -0.2) is 50.0 Å². The molecule has 2 aliphatic rings. The van der Waals surface area contributed by atoms with Gasteiger partial charge >= 0.3 is 0 Å². The third-order valence-electron chi connectivity index (χ3n) is 8.04. The van der Waals surface area contributed by atoms with Gasteiger partial charge in [-0.05, 0) is 44.7 Å². The third kappa shape index (κ3) is 4.85. The van der Waals surface area contributed by atoms with Crippen molar-refractivity contribution in [2.24, 2.45) is 5.92 Å². The maximum Gasteiger partial charge on any atom is 0.259 e. The molecule has 0 atom stereocenters. The normalized spacial score (nSPS) is 15.0. The van der Waals surface area contributed by atoms with E-state index in [9.17, 15) is 4.79 Å². The standard InChI is InChI=1S/C31H33N9O2/c1-18-13-27(35-19(2)34-18)38-28-14-25(29-23(37-28)7-10-32-31(29)41)36-24-6-4-5-21-22-15-33-40(16-20-8-11-42-12-9-20)26(22)17-39(3)30(21)24/h4-7,10,13-15,20H,8-9,11-12,16-17H2,1-3H3,(H,32,41)(H2,34,35,36,37,38). The first kappa shape index (κ1) is 26.1. The fraction of sp³-hybridized carbons (Fsp3) is 0.323. The summed E-state index contributed by atoms with van der Waals surface area (Å²) in [4.78, 5) is 31.6. The van der Waals surface area contributed by atoms with E-state index in [-0.39, 0.29) is 5.56 Å². The zero-order valence-electron chi connectivity index (χ0n) is 23.9. The van der Waals surface area contributed by atoms with Crippen molar-refractivity contribution in [2.75, 3.05) is 35.8 Å². The van der Waals surface area contributed by atoms with Crippen LogP contribution in [0.5, 0.6) is 0 Å². The molecule has 0 saturated carbocycles. The molecule has 6 heterocycles. The highest BCUT2D eigenvalue weighted by Gasteiger charge is 2.27. The molecule has 0 amide bonds. The second-order valence-corrected chi connectivity index (χ2v) is 11.1. The molecule has 0 unspecified atom stereocenters. The molecule has 0 aliphatic carbocycles. The molecule has 0 radical (unpaired) electrons. The zero-order chi connectivity index (χ0) is 28.8. The van der Waals surface area contributed by atoms with E-state index in [1.807, 2.05) is 44.3 Å². The van der Waals surface area contributed by atoms with Gasteiger partial charge in [-0.15, -0.1) is 0 Å². The van der Waals surface area contributed by atoms with Gasteiger partial charge in [0.25, 0.3) is 5.56 Å². The van der Waals surface area contributed by atoms with E-state index in [1.54, 1.807) is 12.3 Å². The summed E-state index contributed by atoms with van der Waals surface area (Å²) in [5.74, 6) is 2.47. The second-order valence-electron chi connectivity index (χ2n) is 11.1. The number of nitrogens with one attached hydrogen (secondary N) is 3. The average Bonchev–Trinajstić information content (AvgIpc) is 3.35. The Morgan fingerprint density at radius 2 is 1.83 bits per heavy atom. The van der Waals surface area contributed by atoms with E-state index < -0.39 is 0 Å². The number of hydrogen-bond acceptors (Lipinski definition) is 9. The van der Waals surface area contributed by atoms with Gasteiger partial charge in [-0.2, -0.15) is 5.10 Å². The van der Waals surface area contributed by atoms with Crippen LogP contribution in [0.4, 0.5) is 28.7 Å². The molecule has 4 aromatic heterocycles. The van der Waals surface area contributed by atoms with Gasteiger partial charge < -0.3 is 25.3 Å². The number of rotatable bonds is 6. The minimum atomic E-state index is -0.211. The lowest BCUT2D eigenvalue weighted by Gasteiger charge is -2.31. The molecule has 0 spiro atoms. The summed E-state index contributed by atoms with van der Waals surface area (Å²) in [7, 11) is 2.10. The van der Waals surface area contributed by atoms with Crippen LogP contribution in [0.3, 0.4) is 0 Å². The van der Waals surface area contributed by atoms with E-state index in [4.69, 9.17) is 14.8 Å². The molecule has 1 saturated heterocycles. The molecule has 214 valence electrons. The molecule has 42 heavy (non-hydrogen) atoms. The largest absolute Gasteiger partial charge is 0.381 e. The number of para-hydroxylation sites is 1. The highest BCUT2D eigenvalue weighted by molar-refractivity contribution is 5.98. The van der Waals surface area contributed by atoms with Gasteiger partial charge in [0.1, 0.15) is 17.5 Å². The van der Waals surface area contributed by atoms with Gasteiger partial charge in [0.05, 0.1) is 46.4 Å². The van der Waals surface area contributed by atoms with Crippen molar-refractivity contribution in [1.29, 1.82) is 0 Å². The number of hydrogen-bond donors (Lipinski definition) is 3. The molecular formula is C31H33N9O2. The summed E-state index contributed by atoms with van der Waals surface area (Å²) < 4.78 is 7.73. The first-order valence-corrected chi connectivity index (χ1v) is 14.3. The zero-order valence-corrected chi connectivity index (χ0v) is 23.9. The van der Waals surface area contributed by atoms with Gasteiger partial charge in [0.15, 0.2) is 0 Å². The van der Waals surface area contributed by atoms with E-state index in [0.717, 1.165) is 67.3 Å². The number of nitrogens with zero attached hydrogens (tertiary/aromatic N) is 6. The Balaban J connectivity index is 1.27. The van der Waals surface area contributed by atoms with E-state index in [2.05, 4.69) is 48.3 Å². The number of aromatic nitrogens is 6. The lowest BCUT2D eigenvalue weighted by molar-refractivity contribution is 0.0599. The molecule has 11 heteroatoms. The van der Waals surface area contributed by atoms with Crippen molar-refractivity contribution < 1.29 is 4.74 Å². The smallest absolute Gasteiger partial charge is 0.259 e. The lowest BCUT2D eigenvalue weighted by atomic mass is 9.97. The Bertz CT molecular complexity index is 1840. The summed E-state index contributed by atoms with van der Waals surface area (Å²) in [6.45, 7) is 7.08. The fourth-order valence-electron chi connectivity index (χ4n) is 6.12. The van der Waals surface area contributed by atoms with Gasteiger partial charge in [0, 0.05) is 62.0 Å². The minimum Gasteiger partial charge on any atom is -0.381 e. The number of anilines is 5. The minimum absolute atomic E-state index is 0.211. The van der Waals surface area contributed by atoms with Crippen molar-refractivity contribution in [2.45, 2.75) is 39.8 Å². The molecule has 2 aliphatic heterocycles. The Morgan fingerprint density at radius 1 is 1.00 bits per heavy atom. The van der Waals surface area contributed by atoms with Crippen molar-refractivity contribution in [3.63, 3.8) is 0 Å². The number of aryl methyl sites for hydroxylation is 2. The SMILES string of the molecule is Cc1cc(Nc2cc(Nc3cccc4c3N(C)Cc3c-4cnn3CC3CCOCC3)c3c(=O)[nH]ccc3n2)nc(C)n1. The molecule has 1 fully saturated rings. The van der Waals surface area contributed by atoms with Crippen molar-refractivity contribution in [3.8, 4) is 11.1 Å². The van der Waals surface area contributed by atoms with Crippen LogP contribution in [0, 0.1) is 19.8 Å². The van der Waals surface area contributed by atoms with Crippen LogP contribution in [0.1, 0.15) is 30.1 Å². The van der Waals surface area contributed by atoms with E-state index in [0.29, 0.717) is 40.0 Å². The summed E-state index contributed by atoms with van der Waals surface area (Å²) in [6, 6.07) is 11.7. The molecule has 1 aromatic carbocycles. The average molecular weight is 564 g/mol. The number of aromatic amines is 1. The third-order valence-corrected chi connectivity index (χ3v) is 8.04. The maximum absolute atomic E-state index is 13.0. The molecule has 7 rings (SSSR count). The Labute approximate surface area is 243 Å². The molecular weight excluding hydrogens is 530 g/mol. The van der Waals surface area contributed by atoms with Crippen molar-refractivity contribution >= 4 is 39.6 Å². The molecule has 11 nitrogen and oxygen atoms in total. The van der Waals surface area contributed by atoms with Gasteiger partial charge in [-0.3, -0.25) is 9.48 Å². The highest BCUT2D eigenvalue weighted by Crippen LogP contribution is 2.44. The molecule has 3 N–H and O–H groups in total. The van der Waals surface area contributed by atoms with E-state index in [1.165, 1.54) is 5.69 Å². The first-order chi connectivity index (χ1) is 20.4. The summed E-state index contributed by atoms with van der Waals surface area (Å²) >= 11 is 0. The van der Waals surface area contributed by atoms with Crippen LogP contribution < -0.4 is 21.1 Å². The molecule has 5 aromatic rings. The van der Waals surface area contributed by atoms with Crippen LogP contribution >= 0.6 is 0 Å². The number of pyridine rings is 2. The Morgan fingerprint density at radius 3 is 2.67 bits per heavy atom. The Kier molecular flexibility index (Phi) is 6.58.